The fourth-order valence-electron chi connectivity index (χ4n) is 2.74. The molecule has 1 aromatic heterocycles. The number of halogens is 3. The zero-order chi connectivity index (χ0) is 20.4. The molecule has 0 fully saturated rings. The lowest BCUT2D eigenvalue weighted by molar-refractivity contribution is 0.103. The van der Waals surface area contributed by atoms with Gasteiger partial charge in [-0.3, -0.25) is 9.52 Å². The summed E-state index contributed by atoms with van der Waals surface area (Å²) in [6.45, 7) is 3.72. The van der Waals surface area contributed by atoms with Gasteiger partial charge in [0.1, 0.15) is 16.7 Å². The highest BCUT2D eigenvalue weighted by atomic mass is 35.5. The summed E-state index contributed by atoms with van der Waals surface area (Å²) in [5.41, 5.74) is 2.62. The first kappa shape index (κ1) is 20.8. The lowest BCUT2D eigenvalue weighted by Gasteiger charge is -2.13. The normalized spacial score (nSPS) is 11.9. The number of pyridine rings is 1. The first-order chi connectivity index (χ1) is 13.3. The van der Waals surface area contributed by atoms with Crippen molar-refractivity contribution < 1.29 is 9.00 Å². The molecule has 1 heterocycles. The van der Waals surface area contributed by atoms with E-state index in [1.54, 1.807) is 12.1 Å². The number of aryl methyl sites for hydroxylation is 2. The van der Waals surface area contributed by atoms with Crippen molar-refractivity contribution in [1.82, 2.24) is 4.98 Å². The number of ketones is 1. The second-order valence-electron chi connectivity index (χ2n) is 6.09. The van der Waals surface area contributed by atoms with Crippen molar-refractivity contribution in [3.63, 3.8) is 0 Å². The van der Waals surface area contributed by atoms with Crippen LogP contribution in [0, 0.1) is 13.8 Å². The molecule has 8 heteroatoms. The van der Waals surface area contributed by atoms with E-state index in [0.717, 1.165) is 11.1 Å². The number of aromatic nitrogens is 1. The minimum atomic E-state index is -1.70. The van der Waals surface area contributed by atoms with Gasteiger partial charge >= 0.3 is 0 Å². The number of anilines is 1. The summed E-state index contributed by atoms with van der Waals surface area (Å²) >= 11 is 18.0. The van der Waals surface area contributed by atoms with Crippen LogP contribution in [0.2, 0.25) is 15.1 Å². The highest BCUT2D eigenvalue weighted by Gasteiger charge is 2.21. The van der Waals surface area contributed by atoms with Crippen LogP contribution < -0.4 is 4.72 Å². The van der Waals surface area contributed by atoms with Gasteiger partial charge in [-0.05, 0) is 49.2 Å². The lowest BCUT2D eigenvalue weighted by Crippen LogP contribution is -2.14. The number of hydrogen-bond acceptors (Lipinski definition) is 3. The van der Waals surface area contributed by atoms with E-state index in [1.807, 2.05) is 32.0 Å². The SMILES string of the molecule is Cc1cccc(C)c1C(=O)c1ncc(Cl)cc1NS(=O)c1ccc(Cl)c(Cl)c1. The van der Waals surface area contributed by atoms with E-state index < -0.39 is 11.0 Å². The van der Waals surface area contributed by atoms with Gasteiger partial charge in [0, 0.05) is 11.8 Å². The number of rotatable bonds is 5. The van der Waals surface area contributed by atoms with E-state index in [1.165, 1.54) is 18.3 Å². The number of nitrogens with zero attached hydrogens (tertiary/aromatic N) is 1. The second-order valence-corrected chi connectivity index (χ2v) is 8.56. The Hall–Kier alpha value is -1.92. The smallest absolute Gasteiger partial charge is 0.214 e. The molecule has 1 atom stereocenters. The first-order valence-corrected chi connectivity index (χ1v) is 10.5. The largest absolute Gasteiger partial charge is 0.299 e. The highest BCUT2D eigenvalue weighted by Crippen LogP contribution is 2.28. The van der Waals surface area contributed by atoms with Crippen LogP contribution >= 0.6 is 34.8 Å². The lowest BCUT2D eigenvalue weighted by atomic mass is 9.97. The Balaban J connectivity index is 2.00. The predicted octanol–water partition coefficient (Wildman–Crippen LogP) is 6.02. The average Bonchev–Trinajstić information content (AvgIpc) is 2.63. The molecule has 0 aliphatic rings. The summed E-state index contributed by atoms with van der Waals surface area (Å²) in [6.07, 6.45) is 1.38. The molecule has 0 aliphatic carbocycles. The van der Waals surface area contributed by atoms with Crippen LogP contribution in [0.3, 0.4) is 0 Å². The third-order valence-corrected chi connectivity index (χ3v) is 6.12. The molecule has 3 aromatic rings. The Labute approximate surface area is 180 Å². The van der Waals surface area contributed by atoms with Crippen molar-refractivity contribution in [2.75, 3.05) is 4.72 Å². The van der Waals surface area contributed by atoms with Crippen molar-refractivity contribution in [3.05, 3.63) is 86.1 Å². The van der Waals surface area contributed by atoms with Crippen LogP contribution in [-0.2, 0) is 11.0 Å². The van der Waals surface area contributed by atoms with Gasteiger partial charge in [0.25, 0.3) is 0 Å². The van der Waals surface area contributed by atoms with E-state index in [2.05, 4.69) is 9.71 Å². The molecule has 0 saturated carbocycles. The van der Waals surface area contributed by atoms with E-state index in [4.69, 9.17) is 34.8 Å². The number of carbonyl (C=O) groups is 1. The topological polar surface area (TPSA) is 59.1 Å². The van der Waals surface area contributed by atoms with Gasteiger partial charge in [0.2, 0.25) is 5.78 Å². The van der Waals surface area contributed by atoms with Gasteiger partial charge in [0.15, 0.2) is 0 Å². The predicted molar refractivity (Wildman–Crippen MR) is 115 cm³/mol. The minimum Gasteiger partial charge on any atom is -0.299 e. The molecule has 0 radical (unpaired) electrons. The molecule has 2 aromatic carbocycles. The van der Waals surface area contributed by atoms with Crippen LogP contribution in [0.5, 0.6) is 0 Å². The van der Waals surface area contributed by atoms with Crippen LogP contribution in [0.1, 0.15) is 27.2 Å². The molecule has 0 bridgehead atoms. The minimum absolute atomic E-state index is 0.134. The Morgan fingerprint density at radius 3 is 2.32 bits per heavy atom. The fourth-order valence-corrected chi connectivity index (χ4v) is 4.15. The van der Waals surface area contributed by atoms with Gasteiger partial charge in [-0.1, -0.05) is 53.0 Å². The molecule has 1 unspecified atom stereocenters. The van der Waals surface area contributed by atoms with Crippen molar-refractivity contribution in [2.24, 2.45) is 0 Å². The van der Waals surface area contributed by atoms with Crippen molar-refractivity contribution in [3.8, 4) is 0 Å². The standard InChI is InChI=1S/C20H15Cl3N2O2S/c1-11-4-3-5-12(2)18(11)20(26)19-17(8-13(21)10-24-19)25-28(27)14-6-7-15(22)16(23)9-14/h3-10,25H,1-2H3. The summed E-state index contributed by atoms with van der Waals surface area (Å²) in [7, 11) is -1.70. The van der Waals surface area contributed by atoms with E-state index in [9.17, 15) is 9.00 Å². The molecule has 0 saturated heterocycles. The quantitative estimate of drug-likeness (QED) is 0.480. The maximum absolute atomic E-state index is 13.2. The molecular formula is C20H15Cl3N2O2S. The number of nitrogens with one attached hydrogen (secondary N) is 1. The Morgan fingerprint density at radius 2 is 1.68 bits per heavy atom. The number of carbonyl (C=O) groups excluding carboxylic acids is 1. The molecule has 28 heavy (non-hydrogen) atoms. The Kier molecular flexibility index (Phi) is 6.40. The summed E-state index contributed by atoms with van der Waals surface area (Å²) in [5, 5.41) is 0.954. The Bertz CT molecular complexity index is 1080. The van der Waals surface area contributed by atoms with Crippen molar-refractivity contribution in [1.29, 1.82) is 0 Å². The van der Waals surface area contributed by atoms with E-state index in [0.29, 0.717) is 20.5 Å². The molecule has 3 rings (SSSR count). The molecule has 0 aliphatic heterocycles. The maximum atomic E-state index is 13.2. The van der Waals surface area contributed by atoms with Crippen molar-refractivity contribution in [2.45, 2.75) is 18.7 Å². The maximum Gasteiger partial charge on any atom is 0.214 e. The average molecular weight is 454 g/mol. The zero-order valence-electron chi connectivity index (χ0n) is 14.9. The molecule has 4 nitrogen and oxygen atoms in total. The highest BCUT2D eigenvalue weighted by molar-refractivity contribution is 7.86. The molecule has 1 N–H and O–H groups in total. The van der Waals surface area contributed by atoms with E-state index >= 15 is 0 Å². The molecule has 0 amide bonds. The van der Waals surface area contributed by atoms with Crippen LogP contribution in [0.4, 0.5) is 5.69 Å². The second kappa shape index (κ2) is 8.62. The summed E-state index contributed by atoms with van der Waals surface area (Å²) in [4.78, 5) is 17.7. The van der Waals surface area contributed by atoms with Crippen molar-refractivity contribution >= 4 is 57.3 Å². The van der Waals surface area contributed by atoms with Crippen LogP contribution in [0.25, 0.3) is 0 Å². The first-order valence-electron chi connectivity index (χ1n) is 8.18. The summed E-state index contributed by atoms with van der Waals surface area (Å²) in [5.74, 6) is -0.277. The third kappa shape index (κ3) is 4.39. The van der Waals surface area contributed by atoms with Gasteiger partial charge < -0.3 is 0 Å². The fraction of sp³-hybridized carbons (Fsp3) is 0.100. The van der Waals surface area contributed by atoms with Crippen LogP contribution in [0.15, 0.2) is 53.6 Å². The third-order valence-electron chi connectivity index (χ3n) is 4.09. The van der Waals surface area contributed by atoms with E-state index in [-0.39, 0.29) is 22.2 Å². The Morgan fingerprint density at radius 1 is 1.00 bits per heavy atom. The molecule has 0 spiro atoms. The van der Waals surface area contributed by atoms with Crippen LogP contribution in [-0.4, -0.2) is 15.0 Å². The van der Waals surface area contributed by atoms with Gasteiger partial charge in [-0.15, -0.1) is 0 Å². The summed E-state index contributed by atoms with van der Waals surface area (Å²) in [6, 6.07) is 11.8. The monoisotopic (exact) mass is 452 g/mol. The molecular weight excluding hydrogens is 439 g/mol. The van der Waals surface area contributed by atoms with Gasteiger partial charge in [0.05, 0.1) is 25.7 Å². The number of benzene rings is 2. The molecule has 144 valence electrons. The number of hydrogen-bond donors (Lipinski definition) is 1. The summed E-state index contributed by atoms with van der Waals surface area (Å²) < 4.78 is 15.6. The van der Waals surface area contributed by atoms with Gasteiger partial charge in [-0.25, -0.2) is 9.19 Å². The van der Waals surface area contributed by atoms with Gasteiger partial charge in [-0.2, -0.15) is 0 Å². The zero-order valence-corrected chi connectivity index (χ0v) is 18.0.